The standard InChI is InChI=1S/C17H26N2Si2/c1-20(2,3)16-9-7-14(18-12-16)11-15-8-10-17(13-19-15)21(4,5)6/h7-10,12-13H,11H2,1-6H3. The molecular formula is C17H26N2Si2. The average molecular weight is 315 g/mol. The van der Waals surface area contributed by atoms with Crippen molar-refractivity contribution in [3.63, 3.8) is 0 Å². The Morgan fingerprint density at radius 1 is 0.667 bits per heavy atom. The fraction of sp³-hybridized carbons (Fsp3) is 0.412. The van der Waals surface area contributed by atoms with Crippen molar-refractivity contribution in [2.75, 3.05) is 0 Å². The zero-order valence-corrected chi connectivity index (χ0v) is 16.1. The summed E-state index contributed by atoms with van der Waals surface area (Å²) in [7, 11) is -2.50. The van der Waals surface area contributed by atoms with Crippen molar-refractivity contribution < 1.29 is 0 Å². The highest BCUT2D eigenvalue weighted by Gasteiger charge is 2.17. The quantitative estimate of drug-likeness (QED) is 0.810. The molecule has 4 heteroatoms. The Labute approximate surface area is 130 Å². The zero-order valence-electron chi connectivity index (χ0n) is 14.1. The lowest BCUT2D eigenvalue weighted by Crippen LogP contribution is -2.38. The lowest BCUT2D eigenvalue weighted by Gasteiger charge is -2.17. The van der Waals surface area contributed by atoms with E-state index in [9.17, 15) is 0 Å². The summed E-state index contributed by atoms with van der Waals surface area (Å²) in [5.74, 6) is 0. The van der Waals surface area contributed by atoms with Gasteiger partial charge in [0.05, 0.1) is 16.1 Å². The summed E-state index contributed by atoms with van der Waals surface area (Å²) in [5, 5.41) is 2.82. The second-order valence-corrected chi connectivity index (χ2v) is 17.9. The fourth-order valence-electron chi connectivity index (χ4n) is 2.13. The summed E-state index contributed by atoms with van der Waals surface area (Å²) in [6.07, 6.45) is 4.92. The van der Waals surface area contributed by atoms with Crippen LogP contribution in [-0.4, -0.2) is 26.1 Å². The van der Waals surface area contributed by atoms with Crippen LogP contribution in [0.25, 0.3) is 0 Å². The second kappa shape index (κ2) is 5.85. The second-order valence-electron chi connectivity index (χ2n) is 7.75. The molecule has 2 rings (SSSR count). The molecule has 0 saturated carbocycles. The highest BCUT2D eigenvalue weighted by atomic mass is 28.3. The largest absolute Gasteiger partial charge is 0.261 e. The summed E-state index contributed by atoms with van der Waals surface area (Å²) in [4.78, 5) is 9.23. The number of nitrogens with zero attached hydrogens (tertiary/aromatic N) is 2. The van der Waals surface area contributed by atoms with Crippen LogP contribution in [0.15, 0.2) is 36.7 Å². The van der Waals surface area contributed by atoms with E-state index in [1.165, 1.54) is 10.4 Å². The lowest BCUT2D eigenvalue weighted by molar-refractivity contribution is 1.02. The molecule has 2 nitrogen and oxygen atoms in total. The van der Waals surface area contributed by atoms with E-state index in [1.807, 2.05) is 0 Å². The molecule has 0 aliphatic heterocycles. The molecule has 21 heavy (non-hydrogen) atoms. The van der Waals surface area contributed by atoms with Gasteiger partial charge in [0, 0.05) is 30.2 Å². The van der Waals surface area contributed by atoms with Gasteiger partial charge in [-0.1, -0.05) is 51.4 Å². The van der Waals surface area contributed by atoms with Crippen LogP contribution < -0.4 is 10.4 Å². The maximum Gasteiger partial charge on any atom is 0.0796 e. The van der Waals surface area contributed by atoms with Crippen LogP contribution >= 0.6 is 0 Å². The number of hydrogen-bond acceptors (Lipinski definition) is 2. The predicted molar refractivity (Wildman–Crippen MR) is 97.2 cm³/mol. The van der Waals surface area contributed by atoms with E-state index in [2.05, 4.69) is 85.9 Å². The summed E-state index contributed by atoms with van der Waals surface area (Å²) in [5.41, 5.74) is 2.20. The van der Waals surface area contributed by atoms with Gasteiger partial charge in [-0.2, -0.15) is 0 Å². The molecule has 2 aromatic heterocycles. The van der Waals surface area contributed by atoms with Gasteiger partial charge in [-0.05, 0) is 22.5 Å². The average Bonchev–Trinajstić information content (AvgIpc) is 2.38. The molecule has 0 atom stereocenters. The van der Waals surface area contributed by atoms with Crippen LogP contribution in [0.4, 0.5) is 0 Å². The minimum Gasteiger partial charge on any atom is -0.261 e. The van der Waals surface area contributed by atoms with Gasteiger partial charge in [-0.25, -0.2) is 0 Å². The molecule has 0 fully saturated rings. The third-order valence-corrected chi connectivity index (χ3v) is 7.80. The van der Waals surface area contributed by atoms with Gasteiger partial charge in [0.15, 0.2) is 0 Å². The normalized spacial score (nSPS) is 12.5. The lowest BCUT2D eigenvalue weighted by atomic mass is 10.2. The van der Waals surface area contributed by atoms with E-state index in [0.717, 1.165) is 17.8 Å². The van der Waals surface area contributed by atoms with Crippen LogP contribution in [0.1, 0.15) is 11.4 Å². The Morgan fingerprint density at radius 2 is 1.05 bits per heavy atom. The van der Waals surface area contributed by atoms with E-state index < -0.39 is 16.1 Å². The van der Waals surface area contributed by atoms with Crippen LogP contribution in [0.2, 0.25) is 39.3 Å². The van der Waals surface area contributed by atoms with Crippen molar-refractivity contribution in [3.8, 4) is 0 Å². The van der Waals surface area contributed by atoms with Gasteiger partial charge in [0.2, 0.25) is 0 Å². The molecule has 0 bridgehead atoms. The highest BCUT2D eigenvalue weighted by Crippen LogP contribution is 2.07. The summed E-state index contributed by atoms with van der Waals surface area (Å²) >= 11 is 0. The molecule has 0 aliphatic carbocycles. The molecule has 112 valence electrons. The first-order valence-electron chi connectivity index (χ1n) is 7.57. The molecule has 0 aliphatic rings. The monoisotopic (exact) mass is 314 g/mol. The van der Waals surface area contributed by atoms with Crippen molar-refractivity contribution in [3.05, 3.63) is 48.0 Å². The van der Waals surface area contributed by atoms with Crippen molar-refractivity contribution in [1.82, 2.24) is 9.97 Å². The molecular weight excluding hydrogens is 288 g/mol. The van der Waals surface area contributed by atoms with Crippen molar-refractivity contribution in [2.45, 2.75) is 45.7 Å². The van der Waals surface area contributed by atoms with Gasteiger partial charge in [0.25, 0.3) is 0 Å². The Morgan fingerprint density at radius 3 is 1.29 bits per heavy atom. The molecule has 0 aromatic carbocycles. The minimum atomic E-state index is -1.25. The summed E-state index contributed by atoms with van der Waals surface area (Å²) in [6, 6.07) is 8.79. The molecule has 2 aromatic rings. The molecule has 0 N–H and O–H groups in total. The third kappa shape index (κ3) is 4.35. The van der Waals surface area contributed by atoms with Gasteiger partial charge < -0.3 is 0 Å². The zero-order chi connectivity index (χ0) is 15.7. The van der Waals surface area contributed by atoms with Gasteiger partial charge in [-0.3, -0.25) is 9.97 Å². The number of hydrogen-bond donors (Lipinski definition) is 0. The molecule has 0 amide bonds. The molecule has 0 saturated heterocycles. The highest BCUT2D eigenvalue weighted by molar-refractivity contribution is 6.89. The topological polar surface area (TPSA) is 25.8 Å². The maximum absolute atomic E-state index is 4.62. The Hall–Kier alpha value is -1.27. The van der Waals surface area contributed by atoms with Gasteiger partial charge in [-0.15, -0.1) is 0 Å². The Bertz CT molecular complexity index is 535. The van der Waals surface area contributed by atoms with E-state index in [0.29, 0.717) is 0 Å². The summed E-state index contributed by atoms with van der Waals surface area (Å²) < 4.78 is 0. The van der Waals surface area contributed by atoms with E-state index in [1.54, 1.807) is 0 Å². The van der Waals surface area contributed by atoms with Crippen LogP contribution in [0, 0.1) is 0 Å². The number of rotatable bonds is 4. The van der Waals surface area contributed by atoms with Gasteiger partial charge in [0.1, 0.15) is 0 Å². The van der Waals surface area contributed by atoms with Crippen LogP contribution in [0.3, 0.4) is 0 Å². The molecule has 0 unspecified atom stereocenters. The summed E-state index contributed by atoms with van der Waals surface area (Å²) in [6.45, 7) is 14.1. The Balaban J connectivity index is 2.12. The van der Waals surface area contributed by atoms with Crippen molar-refractivity contribution in [1.29, 1.82) is 0 Å². The number of pyridine rings is 2. The number of aromatic nitrogens is 2. The Kier molecular flexibility index (Phi) is 4.49. The molecule has 0 radical (unpaired) electrons. The first-order chi connectivity index (χ1) is 9.66. The maximum atomic E-state index is 4.62. The first-order valence-corrected chi connectivity index (χ1v) is 14.6. The molecule has 2 heterocycles. The fourth-order valence-corrected chi connectivity index (χ4v) is 4.20. The SMILES string of the molecule is C[Si](C)(C)c1ccc(Cc2ccc([Si](C)(C)C)cn2)nc1. The van der Waals surface area contributed by atoms with Crippen LogP contribution in [0.5, 0.6) is 0 Å². The minimum absolute atomic E-state index is 0.817. The predicted octanol–water partition coefficient (Wildman–Crippen LogP) is 3.16. The third-order valence-electron chi connectivity index (χ3n) is 3.74. The van der Waals surface area contributed by atoms with Crippen molar-refractivity contribution >= 4 is 26.5 Å². The first kappa shape index (κ1) is 16.1. The van der Waals surface area contributed by atoms with E-state index in [-0.39, 0.29) is 0 Å². The van der Waals surface area contributed by atoms with Crippen LogP contribution in [-0.2, 0) is 6.42 Å². The van der Waals surface area contributed by atoms with E-state index >= 15 is 0 Å². The van der Waals surface area contributed by atoms with E-state index in [4.69, 9.17) is 0 Å². The van der Waals surface area contributed by atoms with Crippen molar-refractivity contribution in [2.24, 2.45) is 0 Å². The smallest absolute Gasteiger partial charge is 0.0796 e. The van der Waals surface area contributed by atoms with Gasteiger partial charge >= 0.3 is 0 Å². The molecule has 0 spiro atoms.